The van der Waals surface area contributed by atoms with Gasteiger partial charge in [0.15, 0.2) is 0 Å². The average molecular weight is 344 g/mol. The average Bonchev–Trinajstić information content (AvgIpc) is 3.12. The molecule has 0 bridgehead atoms. The molecule has 1 atom stereocenters. The lowest BCUT2D eigenvalue weighted by molar-refractivity contribution is -0.127. The highest BCUT2D eigenvalue weighted by molar-refractivity contribution is 5.94. The second kappa shape index (κ2) is 9.11. The van der Waals surface area contributed by atoms with Gasteiger partial charge in [-0.2, -0.15) is 0 Å². The van der Waals surface area contributed by atoms with Gasteiger partial charge >= 0.3 is 6.03 Å². The largest absolute Gasteiger partial charge is 0.467 e. The van der Waals surface area contributed by atoms with Gasteiger partial charge in [0.1, 0.15) is 11.8 Å². The number of carbonyl (C=O) groups excluding carboxylic acids is 3. The zero-order chi connectivity index (χ0) is 18.1. The van der Waals surface area contributed by atoms with E-state index < -0.39 is 18.0 Å². The van der Waals surface area contributed by atoms with Gasteiger partial charge in [-0.3, -0.25) is 9.59 Å². The third kappa shape index (κ3) is 6.38. The van der Waals surface area contributed by atoms with E-state index in [9.17, 15) is 14.4 Å². The van der Waals surface area contributed by atoms with E-state index >= 15 is 0 Å². The van der Waals surface area contributed by atoms with Gasteiger partial charge in [-0.05, 0) is 31.2 Å². The first-order valence-electron chi connectivity index (χ1n) is 7.74. The summed E-state index contributed by atoms with van der Waals surface area (Å²) in [5.41, 5.74) is 0.616. The zero-order valence-electron chi connectivity index (χ0n) is 13.7. The minimum Gasteiger partial charge on any atom is -0.467 e. The second-order valence-corrected chi connectivity index (χ2v) is 5.26. The first-order chi connectivity index (χ1) is 12.0. The fourth-order valence-corrected chi connectivity index (χ4v) is 1.93. The van der Waals surface area contributed by atoms with E-state index in [1.807, 2.05) is 6.07 Å². The fraction of sp³-hybridized carbons (Fsp3) is 0.235. The number of rotatable bonds is 7. The molecule has 0 saturated carbocycles. The lowest BCUT2D eigenvalue weighted by Gasteiger charge is -2.14. The van der Waals surface area contributed by atoms with Crippen molar-refractivity contribution in [3.8, 4) is 0 Å². The van der Waals surface area contributed by atoms with Gasteiger partial charge in [-0.25, -0.2) is 4.79 Å². The molecule has 0 spiro atoms. The molecule has 0 radical (unpaired) electrons. The topological polar surface area (TPSA) is 112 Å². The second-order valence-electron chi connectivity index (χ2n) is 5.26. The van der Waals surface area contributed by atoms with Crippen molar-refractivity contribution in [2.24, 2.45) is 0 Å². The molecule has 0 aliphatic carbocycles. The van der Waals surface area contributed by atoms with Crippen molar-refractivity contribution in [1.82, 2.24) is 16.0 Å². The number of urea groups is 1. The molecule has 1 unspecified atom stereocenters. The summed E-state index contributed by atoms with van der Waals surface area (Å²) in [6, 6.07) is 11.0. The van der Waals surface area contributed by atoms with Gasteiger partial charge in [-0.1, -0.05) is 18.2 Å². The van der Waals surface area contributed by atoms with Crippen LogP contribution in [0.3, 0.4) is 0 Å². The maximum atomic E-state index is 11.9. The summed E-state index contributed by atoms with van der Waals surface area (Å²) in [4.78, 5) is 35.4. The molecule has 4 amide bonds. The van der Waals surface area contributed by atoms with Crippen molar-refractivity contribution in [2.45, 2.75) is 19.5 Å². The predicted octanol–water partition coefficient (Wildman–Crippen LogP) is 1.22. The number of hydrogen-bond donors (Lipinski definition) is 4. The fourth-order valence-electron chi connectivity index (χ4n) is 1.93. The van der Waals surface area contributed by atoms with Gasteiger partial charge in [0.2, 0.25) is 11.8 Å². The van der Waals surface area contributed by atoms with Crippen LogP contribution in [0.25, 0.3) is 0 Å². The van der Waals surface area contributed by atoms with Crippen LogP contribution in [0.4, 0.5) is 10.5 Å². The van der Waals surface area contributed by atoms with E-state index in [0.29, 0.717) is 11.4 Å². The quantitative estimate of drug-likeness (QED) is 0.605. The van der Waals surface area contributed by atoms with E-state index in [-0.39, 0.29) is 19.0 Å². The number of hydrogen-bond acceptors (Lipinski definition) is 4. The molecule has 0 fully saturated rings. The summed E-state index contributed by atoms with van der Waals surface area (Å²) in [5, 5.41) is 10.2. The first kappa shape index (κ1) is 18.1. The zero-order valence-corrected chi connectivity index (χ0v) is 13.7. The number of benzene rings is 1. The Morgan fingerprint density at radius 1 is 1.04 bits per heavy atom. The predicted molar refractivity (Wildman–Crippen MR) is 91.6 cm³/mol. The Balaban J connectivity index is 1.67. The molecule has 0 saturated heterocycles. The first-order valence-corrected chi connectivity index (χ1v) is 7.74. The Bertz CT molecular complexity index is 701. The summed E-state index contributed by atoms with van der Waals surface area (Å²) >= 11 is 0. The van der Waals surface area contributed by atoms with E-state index in [2.05, 4.69) is 21.3 Å². The van der Waals surface area contributed by atoms with Crippen LogP contribution in [-0.4, -0.2) is 30.4 Å². The number of amides is 4. The molecule has 4 N–H and O–H groups in total. The van der Waals surface area contributed by atoms with Gasteiger partial charge in [0, 0.05) is 5.69 Å². The number of anilines is 1. The van der Waals surface area contributed by atoms with Gasteiger partial charge < -0.3 is 25.7 Å². The lowest BCUT2D eigenvalue weighted by atomic mass is 10.3. The van der Waals surface area contributed by atoms with Crippen LogP contribution < -0.4 is 21.3 Å². The van der Waals surface area contributed by atoms with Crippen molar-refractivity contribution in [3.63, 3.8) is 0 Å². The normalized spacial score (nSPS) is 11.2. The highest BCUT2D eigenvalue weighted by Gasteiger charge is 2.16. The van der Waals surface area contributed by atoms with Crippen LogP contribution >= 0.6 is 0 Å². The summed E-state index contributed by atoms with van der Waals surface area (Å²) in [6.07, 6.45) is 1.51. The summed E-state index contributed by atoms with van der Waals surface area (Å²) < 4.78 is 5.08. The smallest absolute Gasteiger partial charge is 0.319 e. The van der Waals surface area contributed by atoms with Gasteiger partial charge in [-0.15, -0.1) is 0 Å². The molecule has 2 rings (SSSR count). The molecule has 2 aromatic rings. The van der Waals surface area contributed by atoms with Crippen LogP contribution in [0.5, 0.6) is 0 Å². The molecule has 1 aromatic heterocycles. The SMILES string of the molecule is CC(NC(=O)Nc1ccccc1)C(=O)NCC(=O)NCc1ccco1. The van der Waals surface area contributed by atoms with Crippen LogP contribution in [0, 0.1) is 0 Å². The molecule has 1 heterocycles. The van der Waals surface area contributed by atoms with Crippen molar-refractivity contribution in [3.05, 3.63) is 54.5 Å². The molecule has 8 nitrogen and oxygen atoms in total. The van der Waals surface area contributed by atoms with Crippen LogP contribution in [0.15, 0.2) is 53.1 Å². The number of carbonyl (C=O) groups is 3. The number of furan rings is 1. The summed E-state index contributed by atoms with van der Waals surface area (Å²) in [5.74, 6) is -0.200. The van der Waals surface area contributed by atoms with Crippen LogP contribution in [-0.2, 0) is 16.1 Å². The van der Waals surface area contributed by atoms with E-state index in [0.717, 1.165) is 0 Å². The van der Waals surface area contributed by atoms with E-state index in [1.54, 1.807) is 36.4 Å². The number of para-hydroxylation sites is 1. The summed E-state index contributed by atoms with van der Waals surface area (Å²) in [7, 11) is 0. The maximum Gasteiger partial charge on any atom is 0.319 e. The van der Waals surface area contributed by atoms with Crippen LogP contribution in [0.2, 0.25) is 0 Å². The van der Waals surface area contributed by atoms with Crippen molar-refractivity contribution >= 4 is 23.5 Å². The standard InChI is InChI=1S/C17H20N4O4/c1-12(20-17(24)21-13-6-3-2-4-7-13)16(23)19-11-15(22)18-10-14-8-5-9-25-14/h2-9,12H,10-11H2,1H3,(H,18,22)(H,19,23)(H2,20,21,24). The van der Waals surface area contributed by atoms with Gasteiger partial charge in [0.05, 0.1) is 19.4 Å². The molecule has 8 heteroatoms. The minimum absolute atomic E-state index is 0.189. The monoisotopic (exact) mass is 344 g/mol. The Kier molecular flexibility index (Phi) is 6.58. The lowest BCUT2D eigenvalue weighted by Crippen LogP contribution is -2.48. The molecule has 1 aromatic carbocycles. The molecule has 25 heavy (non-hydrogen) atoms. The highest BCUT2D eigenvalue weighted by atomic mass is 16.3. The highest BCUT2D eigenvalue weighted by Crippen LogP contribution is 2.04. The Morgan fingerprint density at radius 2 is 1.80 bits per heavy atom. The molecule has 0 aliphatic heterocycles. The molecule has 132 valence electrons. The minimum atomic E-state index is -0.790. The van der Waals surface area contributed by atoms with Crippen LogP contribution in [0.1, 0.15) is 12.7 Å². The third-order valence-corrected chi connectivity index (χ3v) is 3.24. The van der Waals surface area contributed by atoms with Gasteiger partial charge in [0.25, 0.3) is 0 Å². The Morgan fingerprint density at radius 3 is 2.48 bits per heavy atom. The maximum absolute atomic E-state index is 11.9. The molecule has 0 aliphatic rings. The Hall–Kier alpha value is -3.29. The molecular formula is C17H20N4O4. The van der Waals surface area contributed by atoms with Crippen molar-refractivity contribution in [1.29, 1.82) is 0 Å². The Labute approximate surface area is 145 Å². The third-order valence-electron chi connectivity index (χ3n) is 3.24. The molecular weight excluding hydrogens is 324 g/mol. The summed E-state index contributed by atoms with van der Waals surface area (Å²) in [6.45, 7) is 1.58. The number of nitrogens with one attached hydrogen (secondary N) is 4. The van der Waals surface area contributed by atoms with E-state index in [4.69, 9.17) is 4.42 Å². The van der Waals surface area contributed by atoms with E-state index in [1.165, 1.54) is 13.2 Å². The van der Waals surface area contributed by atoms with Crippen molar-refractivity contribution in [2.75, 3.05) is 11.9 Å². The van der Waals surface area contributed by atoms with Crippen molar-refractivity contribution < 1.29 is 18.8 Å².